The van der Waals surface area contributed by atoms with Crippen molar-refractivity contribution in [2.45, 2.75) is 30.8 Å². The summed E-state index contributed by atoms with van der Waals surface area (Å²) >= 11 is 0. The maximum atomic E-state index is 6.07. The summed E-state index contributed by atoms with van der Waals surface area (Å²) in [6, 6.07) is 21.9. The first-order valence-electron chi connectivity index (χ1n) is 7.90. The fourth-order valence-electron chi connectivity index (χ4n) is 3.86. The maximum Gasteiger partial charge on any atom is 0.114 e. The molecule has 0 amide bonds. The lowest BCUT2D eigenvalue weighted by Crippen LogP contribution is -2.32. The van der Waals surface area contributed by atoms with Crippen molar-refractivity contribution in [3.05, 3.63) is 71.8 Å². The van der Waals surface area contributed by atoms with Gasteiger partial charge in [-0.3, -0.25) is 4.90 Å². The van der Waals surface area contributed by atoms with E-state index in [0.29, 0.717) is 6.04 Å². The van der Waals surface area contributed by atoms with Gasteiger partial charge in [-0.1, -0.05) is 60.7 Å². The number of fused-ring (bicyclic) bond motifs is 1. The molecule has 3 nitrogen and oxygen atoms in total. The zero-order valence-corrected chi connectivity index (χ0v) is 12.8. The van der Waals surface area contributed by atoms with Gasteiger partial charge >= 0.3 is 0 Å². The molecule has 0 saturated carbocycles. The highest BCUT2D eigenvalue weighted by Gasteiger charge is 2.50. The van der Waals surface area contributed by atoms with E-state index in [2.05, 4.69) is 65.6 Å². The Hall–Kier alpha value is -1.68. The molecule has 0 N–H and O–H groups in total. The Kier molecular flexibility index (Phi) is 3.70. The van der Waals surface area contributed by atoms with Crippen molar-refractivity contribution in [1.82, 2.24) is 4.90 Å². The van der Waals surface area contributed by atoms with Gasteiger partial charge in [0.05, 0.1) is 24.8 Å². The molecule has 3 heteroatoms. The Bertz CT molecular complexity index is 616. The van der Waals surface area contributed by atoms with Gasteiger partial charge in [-0.25, -0.2) is 0 Å². The predicted molar refractivity (Wildman–Crippen MR) is 85.4 cm³/mol. The third-order valence-electron chi connectivity index (χ3n) is 4.87. The lowest BCUT2D eigenvalue weighted by atomic mass is 9.99. The van der Waals surface area contributed by atoms with Crippen LogP contribution in [0.3, 0.4) is 0 Å². The standard InChI is InChI=1S/C19H21NO2/c1-21-17-12-18-20(19(17)15-10-6-3-7-11-15)16(13-22-18)14-8-4-2-5-9-14/h2-11,16-19H,12-13H2,1H3/t16-,17+,18-,19-/m1/s1. The SMILES string of the molecule is CO[C@H]1C[C@H]2OC[C@H](c3ccccc3)N2[C@@H]1c1ccccc1. The summed E-state index contributed by atoms with van der Waals surface area (Å²) < 4.78 is 11.9. The highest BCUT2D eigenvalue weighted by Crippen LogP contribution is 2.47. The van der Waals surface area contributed by atoms with Gasteiger partial charge in [0.25, 0.3) is 0 Å². The van der Waals surface area contributed by atoms with E-state index >= 15 is 0 Å². The summed E-state index contributed by atoms with van der Waals surface area (Å²) in [6.07, 6.45) is 1.26. The van der Waals surface area contributed by atoms with Crippen molar-refractivity contribution in [3.8, 4) is 0 Å². The van der Waals surface area contributed by atoms with Crippen LogP contribution in [0.15, 0.2) is 60.7 Å². The summed E-state index contributed by atoms with van der Waals surface area (Å²) in [7, 11) is 1.81. The molecule has 2 aliphatic rings. The van der Waals surface area contributed by atoms with Crippen LogP contribution in [0.25, 0.3) is 0 Å². The second-order valence-corrected chi connectivity index (χ2v) is 6.03. The molecule has 0 aromatic heterocycles. The molecule has 0 bridgehead atoms. The van der Waals surface area contributed by atoms with Crippen LogP contribution in [-0.2, 0) is 9.47 Å². The number of ether oxygens (including phenoxy) is 2. The summed E-state index contributed by atoms with van der Waals surface area (Å²) in [5, 5.41) is 0. The van der Waals surface area contributed by atoms with Crippen LogP contribution < -0.4 is 0 Å². The zero-order chi connectivity index (χ0) is 14.9. The van der Waals surface area contributed by atoms with Crippen molar-refractivity contribution in [3.63, 3.8) is 0 Å². The number of rotatable bonds is 3. The van der Waals surface area contributed by atoms with Gasteiger partial charge in [0, 0.05) is 13.5 Å². The van der Waals surface area contributed by atoms with Gasteiger partial charge in [-0.2, -0.15) is 0 Å². The monoisotopic (exact) mass is 295 g/mol. The summed E-state index contributed by atoms with van der Waals surface area (Å²) in [5.74, 6) is 0. The molecule has 0 spiro atoms. The highest BCUT2D eigenvalue weighted by molar-refractivity contribution is 5.26. The molecule has 2 aliphatic heterocycles. The fraction of sp³-hybridized carbons (Fsp3) is 0.368. The van der Waals surface area contributed by atoms with Crippen molar-refractivity contribution in [2.24, 2.45) is 0 Å². The van der Waals surface area contributed by atoms with Crippen LogP contribution in [-0.4, -0.2) is 30.9 Å². The average Bonchev–Trinajstić information content (AvgIpc) is 3.15. The molecule has 2 aromatic rings. The summed E-state index contributed by atoms with van der Waals surface area (Å²) in [6.45, 7) is 0.758. The first-order chi connectivity index (χ1) is 10.9. The second-order valence-electron chi connectivity index (χ2n) is 6.03. The lowest BCUT2D eigenvalue weighted by molar-refractivity contribution is 0.0457. The van der Waals surface area contributed by atoms with Gasteiger partial charge < -0.3 is 9.47 Å². The molecule has 0 aliphatic carbocycles. The highest BCUT2D eigenvalue weighted by atomic mass is 16.5. The quantitative estimate of drug-likeness (QED) is 0.864. The Morgan fingerprint density at radius 3 is 2.23 bits per heavy atom. The fourth-order valence-corrected chi connectivity index (χ4v) is 3.86. The molecule has 4 rings (SSSR count). The van der Waals surface area contributed by atoms with E-state index in [1.165, 1.54) is 11.1 Å². The Labute approximate surface area is 131 Å². The molecule has 2 aromatic carbocycles. The van der Waals surface area contributed by atoms with Crippen LogP contribution in [0.5, 0.6) is 0 Å². The van der Waals surface area contributed by atoms with Crippen molar-refractivity contribution >= 4 is 0 Å². The van der Waals surface area contributed by atoms with E-state index in [-0.39, 0.29) is 18.4 Å². The van der Waals surface area contributed by atoms with Crippen LogP contribution >= 0.6 is 0 Å². The second kappa shape index (κ2) is 5.84. The summed E-state index contributed by atoms with van der Waals surface area (Å²) in [4.78, 5) is 2.50. The third-order valence-corrected chi connectivity index (χ3v) is 4.87. The zero-order valence-electron chi connectivity index (χ0n) is 12.8. The van der Waals surface area contributed by atoms with Crippen molar-refractivity contribution < 1.29 is 9.47 Å². The van der Waals surface area contributed by atoms with Crippen LogP contribution in [0.4, 0.5) is 0 Å². The van der Waals surface area contributed by atoms with E-state index in [4.69, 9.17) is 9.47 Å². The topological polar surface area (TPSA) is 21.7 Å². The number of hydrogen-bond donors (Lipinski definition) is 0. The molecule has 0 radical (unpaired) electrons. The molecule has 4 atom stereocenters. The number of methoxy groups -OCH3 is 1. The molecular weight excluding hydrogens is 274 g/mol. The Morgan fingerprint density at radius 2 is 1.59 bits per heavy atom. The first kappa shape index (κ1) is 13.9. The van der Waals surface area contributed by atoms with Crippen LogP contribution in [0.2, 0.25) is 0 Å². The minimum atomic E-state index is 0.153. The minimum Gasteiger partial charge on any atom is -0.379 e. The lowest BCUT2D eigenvalue weighted by Gasteiger charge is -2.31. The largest absolute Gasteiger partial charge is 0.379 e. The van der Waals surface area contributed by atoms with Gasteiger partial charge in [-0.05, 0) is 11.1 Å². The van der Waals surface area contributed by atoms with Crippen LogP contribution in [0.1, 0.15) is 29.6 Å². The molecule has 0 unspecified atom stereocenters. The van der Waals surface area contributed by atoms with Crippen LogP contribution in [0, 0.1) is 0 Å². The molecule has 114 valence electrons. The first-order valence-corrected chi connectivity index (χ1v) is 7.90. The molecule has 2 heterocycles. The van der Waals surface area contributed by atoms with E-state index in [1.807, 2.05) is 0 Å². The Morgan fingerprint density at radius 1 is 0.955 bits per heavy atom. The number of nitrogens with zero attached hydrogens (tertiary/aromatic N) is 1. The predicted octanol–water partition coefficient (Wildman–Crippen LogP) is 3.55. The average molecular weight is 295 g/mol. The van der Waals surface area contributed by atoms with Crippen molar-refractivity contribution in [1.29, 1.82) is 0 Å². The number of benzene rings is 2. The van der Waals surface area contributed by atoms with Gasteiger partial charge in [0.2, 0.25) is 0 Å². The molecule has 2 fully saturated rings. The molecular formula is C19H21NO2. The maximum absolute atomic E-state index is 6.07. The third kappa shape index (κ3) is 2.26. The minimum absolute atomic E-state index is 0.153. The van der Waals surface area contributed by atoms with E-state index in [1.54, 1.807) is 7.11 Å². The van der Waals surface area contributed by atoms with Gasteiger partial charge in [0.1, 0.15) is 6.23 Å². The summed E-state index contributed by atoms with van der Waals surface area (Å²) in [5.41, 5.74) is 2.63. The smallest absolute Gasteiger partial charge is 0.114 e. The van der Waals surface area contributed by atoms with Gasteiger partial charge in [0.15, 0.2) is 0 Å². The van der Waals surface area contributed by atoms with E-state index < -0.39 is 0 Å². The van der Waals surface area contributed by atoms with Crippen molar-refractivity contribution in [2.75, 3.05) is 13.7 Å². The normalized spacial score (nSPS) is 31.3. The van der Waals surface area contributed by atoms with E-state index in [9.17, 15) is 0 Å². The number of hydrogen-bond acceptors (Lipinski definition) is 3. The van der Waals surface area contributed by atoms with Gasteiger partial charge in [-0.15, -0.1) is 0 Å². The molecule has 2 saturated heterocycles. The van der Waals surface area contributed by atoms with E-state index in [0.717, 1.165) is 13.0 Å². The Balaban J connectivity index is 1.72. The molecule has 22 heavy (non-hydrogen) atoms.